The highest BCUT2D eigenvalue weighted by atomic mass is 79.9. The van der Waals surface area contributed by atoms with Crippen LogP contribution in [0.4, 0.5) is 0 Å². The Kier molecular flexibility index (Phi) is 7.38. The molecule has 178 valence electrons. The van der Waals surface area contributed by atoms with Gasteiger partial charge < -0.3 is 24.2 Å². The number of aliphatic hydroxyl groups excluding tert-OH is 1. The van der Waals surface area contributed by atoms with Crippen LogP contribution < -0.4 is 9.47 Å². The van der Waals surface area contributed by atoms with Gasteiger partial charge >= 0.3 is 0 Å². The highest BCUT2D eigenvalue weighted by Gasteiger charge is 2.47. The van der Waals surface area contributed by atoms with Gasteiger partial charge in [0.1, 0.15) is 12.4 Å². The maximum Gasteiger partial charge on any atom is 0.295 e. The molecule has 2 heterocycles. The summed E-state index contributed by atoms with van der Waals surface area (Å²) in [6.45, 7) is 4.84. The van der Waals surface area contributed by atoms with Crippen LogP contribution in [0.2, 0.25) is 0 Å². The predicted octanol–water partition coefficient (Wildman–Crippen LogP) is 4.62. The molecule has 0 bridgehead atoms. The van der Waals surface area contributed by atoms with Crippen LogP contribution >= 0.6 is 15.9 Å². The molecule has 0 radical (unpaired) electrons. The predicted molar refractivity (Wildman–Crippen MR) is 131 cm³/mol. The zero-order valence-electron chi connectivity index (χ0n) is 18.8. The second-order valence-electron chi connectivity index (χ2n) is 8.10. The Labute approximate surface area is 206 Å². The number of hydrogen-bond acceptors (Lipinski definition) is 6. The molecule has 1 N–H and O–H groups in total. The van der Waals surface area contributed by atoms with Crippen molar-refractivity contribution in [3.63, 3.8) is 0 Å². The van der Waals surface area contributed by atoms with Crippen molar-refractivity contribution in [2.24, 2.45) is 0 Å². The summed E-state index contributed by atoms with van der Waals surface area (Å²) in [5.74, 6) is -0.656. The Balaban J connectivity index is 1.82. The lowest BCUT2D eigenvalue weighted by atomic mass is 9.95. The van der Waals surface area contributed by atoms with Gasteiger partial charge in [-0.15, -0.1) is 0 Å². The zero-order chi connectivity index (χ0) is 24.2. The lowest BCUT2D eigenvalue weighted by Gasteiger charge is -2.28. The van der Waals surface area contributed by atoms with Crippen molar-refractivity contribution in [3.05, 3.63) is 76.3 Å². The molecule has 0 aromatic heterocycles. The molecule has 4 rings (SSSR count). The molecule has 1 amide bonds. The number of Topliss-reactive ketones (excluding diaryl/α,β-unsaturated/α-hetero) is 1. The van der Waals surface area contributed by atoms with E-state index in [0.717, 1.165) is 17.3 Å². The number of ketones is 1. The number of ether oxygens (including phenoxy) is 3. The molecule has 2 aliphatic rings. The monoisotopic (exact) mass is 527 g/mol. The summed E-state index contributed by atoms with van der Waals surface area (Å²) in [5, 5.41) is 11.2. The van der Waals surface area contributed by atoms with E-state index < -0.39 is 17.7 Å². The van der Waals surface area contributed by atoms with Gasteiger partial charge in [-0.1, -0.05) is 46.8 Å². The Bertz CT molecular complexity index is 1120. The molecular formula is C26H26BrNO6. The van der Waals surface area contributed by atoms with Crippen molar-refractivity contribution < 1.29 is 28.9 Å². The number of methoxy groups -OCH3 is 1. The van der Waals surface area contributed by atoms with Crippen LogP contribution in [0.3, 0.4) is 0 Å². The molecule has 2 saturated heterocycles. The Hall–Kier alpha value is -3.10. The highest BCUT2D eigenvalue weighted by molar-refractivity contribution is 9.10. The minimum Gasteiger partial charge on any atom is -0.507 e. The first kappa shape index (κ1) is 24.0. The second-order valence-corrected chi connectivity index (χ2v) is 9.02. The number of benzene rings is 2. The number of carbonyl (C=O) groups is 2. The molecule has 2 unspecified atom stereocenters. The number of aliphatic hydroxyl groups is 1. The van der Waals surface area contributed by atoms with Gasteiger partial charge in [-0.2, -0.15) is 0 Å². The third-order valence-corrected chi connectivity index (χ3v) is 6.47. The minimum absolute atomic E-state index is 0.0344. The average molecular weight is 528 g/mol. The molecule has 2 atom stereocenters. The summed E-state index contributed by atoms with van der Waals surface area (Å²) in [5.41, 5.74) is 1.10. The first-order valence-corrected chi connectivity index (χ1v) is 11.8. The first-order valence-electron chi connectivity index (χ1n) is 11.0. The molecular weight excluding hydrogens is 502 g/mol. The number of carbonyl (C=O) groups excluding carboxylic acids is 2. The summed E-state index contributed by atoms with van der Waals surface area (Å²) < 4.78 is 17.7. The van der Waals surface area contributed by atoms with Crippen LogP contribution in [0.25, 0.3) is 5.76 Å². The molecule has 2 fully saturated rings. The largest absolute Gasteiger partial charge is 0.507 e. The summed E-state index contributed by atoms with van der Waals surface area (Å²) in [7, 11) is 1.52. The minimum atomic E-state index is -0.796. The number of amides is 1. The Morgan fingerprint density at radius 1 is 1.24 bits per heavy atom. The van der Waals surface area contributed by atoms with E-state index in [4.69, 9.17) is 14.2 Å². The summed E-state index contributed by atoms with van der Waals surface area (Å²) >= 11 is 3.37. The van der Waals surface area contributed by atoms with Gasteiger partial charge in [0.25, 0.3) is 11.7 Å². The van der Waals surface area contributed by atoms with Crippen LogP contribution in [-0.4, -0.2) is 54.7 Å². The summed E-state index contributed by atoms with van der Waals surface area (Å²) in [6.07, 6.45) is 3.18. The van der Waals surface area contributed by atoms with Crippen LogP contribution in [-0.2, 0) is 14.3 Å². The number of halogens is 1. The van der Waals surface area contributed by atoms with E-state index in [2.05, 4.69) is 22.5 Å². The molecule has 0 spiro atoms. The normalized spacial score (nSPS) is 21.6. The molecule has 2 aromatic rings. The highest BCUT2D eigenvalue weighted by Crippen LogP contribution is 2.42. The smallest absolute Gasteiger partial charge is 0.295 e. The molecule has 34 heavy (non-hydrogen) atoms. The molecule has 2 aliphatic heterocycles. The number of nitrogens with zero attached hydrogens (tertiary/aromatic N) is 1. The Morgan fingerprint density at radius 2 is 2.00 bits per heavy atom. The van der Waals surface area contributed by atoms with Gasteiger partial charge in [-0.3, -0.25) is 9.59 Å². The fraction of sp³-hybridized carbons (Fsp3) is 0.308. The van der Waals surface area contributed by atoms with E-state index in [1.165, 1.54) is 12.0 Å². The standard InChI is InChI=1S/C26H26BrNO6/c1-3-12-34-20-11-8-17(14-21(20)32-2)23-22(24(29)16-6-9-18(27)10-7-16)25(30)26(31)28(23)15-19-5-4-13-33-19/h3,6-11,14,19,23,29H,1,4-5,12-13,15H2,2H3/b24-22+. The van der Waals surface area contributed by atoms with Crippen molar-refractivity contribution in [1.29, 1.82) is 0 Å². The van der Waals surface area contributed by atoms with Gasteiger partial charge in [0, 0.05) is 23.2 Å². The van der Waals surface area contributed by atoms with Gasteiger partial charge in [0.05, 0.1) is 24.8 Å². The number of hydrogen-bond donors (Lipinski definition) is 1. The SMILES string of the molecule is C=CCOc1ccc(C2/C(=C(\O)c3ccc(Br)cc3)C(=O)C(=O)N2CC2CCCO2)cc1OC. The fourth-order valence-corrected chi connectivity index (χ4v) is 4.57. The zero-order valence-corrected chi connectivity index (χ0v) is 20.4. The van der Waals surface area contributed by atoms with Crippen LogP contribution in [0, 0.1) is 0 Å². The molecule has 8 heteroatoms. The number of rotatable bonds is 8. The maximum atomic E-state index is 13.2. The van der Waals surface area contributed by atoms with Gasteiger partial charge in [-0.05, 0) is 42.7 Å². The van der Waals surface area contributed by atoms with E-state index in [0.29, 0.717) is 35.8 Å². The Morgan fingerprint density at radius 3 is 2.65 bits per heavy atom. The van der Waals surface area contributed by atoms with Gasteiger partial charge in [-0.25, -0.2) is 0 Å². The summed E-state index contributed by atoms with van der Waals surface area (Å²) in [6, 6.07) is 11.3. The van der Waals surface area contributed by atoms with Crippen molar-refractivity contribution in [3.8, 4) is 11.5 Å². The van der Waals surface area contributed by atoms with E-state index in [9.17, 15) is 14.7 Å². The number of likely N-dealkylation sites (tertiary alicyclic amines) is 1. The third-order valence-electron chi connectivity index (χ3n) is 5.94. The lowest BCUT2D eigenvalue weighted by molar-refractivity contribution is -0.140. The molecule has 2 aromatic carbocycles. The van der Waals surface area contributed by atoms with Crippen molar-refractivity contribution >= 4 is 33.4 Å². The maximum absolute atomic E-state index is 13.2. The topological polar surface area (TPSA) is 85.3 Å². The molecule has 0 aliphatic carbocycles. The van der Waals surface area contributed by atoms with E-state index in [-0.39, 0.29) is 24.0 Å². The van der Waals surface area contributed by atoms with E-state index in [1.807, 2.05) is 0 Å². The van der Waals surface area contributed by atoms with Crippen LogP contribution in [0.15, 0.2) is 65.2 Å². The fourth-order valence-electron chi connectivity index (χ4n) is 4.31. The average Bonchev–Trinajstić information content (AvgIpc) is 3.45. The van der Waals surface area contributed by atoms with Gasteiger partial charge in [0.15, 0.2) is 11.5 Å². The van der Waals surface area contributed by atoms with E-state index in [1.54, 1.807) is 48.5 Å². The second kappa shape index (κ2) is 10.4. The first-order chi connectivity index (χ1) is 16.4. The summed E-state index contributed by atoms with van der Waals surface area (Å²) in [4.78, 5) is 27.8. The van der Waals surface area contributed by atoms with Crippen molar-refractivity contribution in [1.82, 2.24) is 4.90 Å². The molecule has 0 saturated carbocycles. The van der Waals surface area contributed by atoms with Crippen molar-refractivity contribution in [2.45, 2.75) is 25.0 Å². The van der Waals surface area contributed by atoms with E-state index >= 15 is 0 Å². The third kappa shape index (κ3) is 4.74. The van der Waals surface area contributed by atoms with Gasteiger partial charge in [0.2, 0.25) is 0 Å². The quantitative estimate of drug-likeness (QED) is 0.233. The van der Waals surface area contributed by atoms with Crippen LogP contribution in [0.1, 0.15) is 30.0 Å². The molecule has 7 nitrogen and oxygen atoms in total. The van der Waals surface area contributed by atoms with Crippen molar-refractivity contribution in [2.75, 3.05) is 26.9 Å². The van der Waals surface area contributed by atoms with Crippen LogP contribution in [0.5, 0.6) is 11.5 Å². The lowest BCUT2D eigenvalue weighted by Crippen LogP contribution is -2.36.